The van der Waals surface area contributed by atoms with Crippen molar-refractivity contribution in [1.29, 1.82) is 0 Å². The van der Waals surface area contributed by atoms with Crippen molar-refractivity contribution in [3.63, 3.8) is 0 Å². The van der Waals surface area contributed by atoms with Gasteiger partial charge in [0.15, 0.2) is 0 Å². The van der Waals surface area contributed by atoms with Crippen LogP contribution in [0.4, 0.5) is 11.4 Å². The largest absolute Gasteiger partial charge is 0.325 e. The van der Waals surface area contributed by atoms with Gasteiger partial charge in [0.1, 0.15) is 0 Å². The number of para-hydroxylation sites is 2. The van der Waals surface area contributed by atoms with Crippen molar-refractivity contribution >= 4 is 19.8 Å². The first kappa shape index (κ1) is 23.8. The lowest BCUT2D eigenvalue weighted by atomic mass is 9.92. The van der Waals surface area contributed by atoms with E-state index in [0.29, 0.717) is 23.7 Å². The average molecular weight is 439 g/mol. The summed E-state index contributed by atoms with van der Waals surface area (Å²) in [5.74, 6) is 1.77. The lowest BCUT2D eigenvalue weighted by Gasteiger charge is -2.35. The van der Waals surface area contributed by atoms with Gasteiger partial charge in [-0.3, -0.25) is 9.34 Å². The molecule has 2 aromatic rings. The van der Waals surface area contributed by atoms with Crippen LogP contribution in [0.15, 0.2) is 48.8 Å². The van der Waals surface area contributed by atoms with Gasteiger partial charge < -0.3 is 4.52 Å². The molecule has 0 saturated carbocycles. The van der Waals surface area contributed by atoms with E-state index in [0.717, 1.165) is 0 Å². The van der Waals surface area contributed by atoms with E-state index in [-0.39, 0.29) is 0 Å². The van der Waals surface area contributed by atoms with E-state index in [1.54, 1.807) is 0 Å². The van der Waals surface area contributed by atoms with E-state index in [2.05, 4.69) is 114 Å². The van der Waals surface area contributed by atoms with Gasteiger partial charge in [-0.15, -0.1) is 0 Å². The minimum atomic E-state index is -1.03. The molecule has 0 spiro atoms. The molecule has 1 heterocycles. The predicted molar refractivity (Wildman–Crippen MR) is 137 cm³/mol. The van der Waals surface area contributed by atoms with Crippen LogP contribution in [0.2, 0.25) is 0 Å². The highest BCUT2D eigenvalue weighted by Gasteiger charge is 2.36. The summed E-state index contributed by atoms with van der Waals surface area (Å²) in [5, 5.41) is 0. The smallest absolute Gasteiger partial charge is 0.257 e. The third kappa shape index (κ3) is 4.54. The Morgan fingerprint density at radius 2 is 0.871 bits per heavy atom. The fourth-order valence-corrected chi connectivity index (χ4v) is 6.10. The number of hydrogen-bond acceptors (Lipinski definition) is 3. The molecule has 2 aromatic carbocycles. The number of benzene rings is 2. The molecule has 3 rings (SSSR count). The first-order valence-electron chi connectivity index (χ1n) is 11.5. The van der Waals surface area contributed by atoms with Gasteiger partial charge in [-0.1, -0.05) is 91.8 Å². The van der Waals surface area contributed by atoms with Crippen molar-refractivity contribution in [2.75, 3.05) is 16.5 Å². The fraction of sp³-hybridized carbons (Fsp3) is 0.481. The molecule has 0 aromatic heterocycles. The summed E-state index contributed by atoms with van der Waals surface area (Å²) < 4.78 is 11.0. The van der Waals surface area contributed by atoms with Gasteiger partial charge in [0.25, 0.3) is 8.45 Å². The summed E-state index contributed by atoms with van der Waals surface area (Å²) in [5.41, 5.74) is 8.14. The zero-order chi connectivity index (χ0) is 22.9. The first-order chi connectivity index (χ1) is 14.7. The average Bonchev–Trinajstić information content (AvgIpc) is 3.15. The van der Waals surface area contributed by atoms with Crippen LogP contribution in [-0.4, -0.2) is 7.11 Å². The standard InChI is InChI=1S/C27H39N2OP/c1-18(2)22-12-10-13-23(19(3)4)26(22)28-16-17-29(31(28)30-9)27-24(20(5)6)14-11-15-25(27)21(7)8/h10-21H,1-9H3. The summed E-state index contributed by atoms with van der Waals surface area (Å²) in [6.45, 7) is 18.2. The second kappa shape index (κ2) is 9.76. The highest BCUT2D eigenvalue weighted by Crippen LogP contribution is 2.58. The van der Waals surface area contributed by atoms with Gasteiger partial charge in [-0.2, -0.15) is 0 Å². The van der Waals surface area contributed by atoms with E-state index < -0.39 is 8.45 Å². The normalized spacial score (nSPS) is 14.9. The minimum Gasteiger partial charge on any atom is -0.325 e. The lowest BCUT2D eigenvalue weighted by molar-refractivity contribution is 0.461. The van der Waals surface area contributed by atoms with Gasteiger partial charge in [0, 0.05) is 19.5 Å². The van der Waals surface area contributed by atoms with Crippen molar-refractivity contribution in [3.8, 4) is 0 Å². The maximum Gasteiger partial charge on any atom is 0.257 e. The Morgan fingerprint density at radius 1 is 0.581 bits per heavy atom. The molecule has 0 atom stereocenters. The molecular weight excluding hydrogens is 399 g/mol. The van der Waals surface area contributed by atoms with Gasteiger partial charge >= 0.3 is 0 Å². The molecule has 1 aliphatic rings. The van der Waals surface area contributed by atoms with Crippen LogP contribution in [0.3, 0.4) is 0 Å². The quantitative estimate of drug-likeness (QED) is 0.402. The van der Waals surface area contributed by atoms with Crippen molar-refractivity contribution in [1.82, 2.24) is 0 Å². The highest BCUT2D eigenvalue weighted by molar-refractivity contribution is 7.57. The van der Waals surface area contributed by atoms with Gasteiger partial charge in [0.05, 0.1) is 11.4 Å². The Kier molecular flexibility index (Phi) is 7.50. The van der Waals surface area contributed by atoms with E-state index in [1.807, 2.05) is 7.11 Å². The van der Waals surface area contributed by atoms with Crippen molar-refractivity contribution in [3.05, 3.63) is 71.1 Å². The summed E-state index contributed by atoms with van der Waals surface area (Å²) in [4.78, 5) is 0. The topological polar surface area (TPSA) is 15.7 Å². The Morgan fingerprint density at radius 3 is 1.10 bits per heavy atom. The van der Waals surface area contributed by atoms with Crippen molar-refractivity contribution in [2.24, 2.45) is 0 Å². The van der Waals surface area contributed by atoms with Crippen LogP contribution in [-0.2, 0) is 4.52 Å². The molecule has 4 heteroatoms. The molecule has 0 unspecified atom stereocenters. The highest BCUT2D eigenvalue weighted by atomic mass is 31.2. The van der Waals surface area contributed by atoms with Gasteiger partial charge in [0.2, 0.25) is 0 Å². The van der Waals surface area contributed by atoms with E-state index >= 15 is 0 Å². The monoisotopic (exact) mass is 438 g/mol. The lowest BCUT2D eigenvalue weighted by Crippen LogP contribution is -2.20. The summed E-state index contributed by atoms with van der Waals surface area (Å²) in [6.07, 6.45) is 4.45. The molecule has 0 saturated heterocycles. The summed E-state index contributed by atoms with van der Waals surface area (Å²) in [6, 6.07) is 13.5. The third-order valence-electron chi connectivity index (χ3n) is 6.02. The maximum atomic E-state index is 6.24. The van der Waals surface area contributed by atoms with Crippen LogP contribution in [0.1, 0.15) is 101 Å². The Balaban J connectivity index is 2.17. The SMILES string of the molecule is COP1N(c2c(C(C)C)cccc2C(C)C)C=CN1c1c(C(C)C)cccc1C(C)C. The number of anilines is 2. The molecule has 168 valence electrons. The van der Waals surface area contributed by atoms with Crippen molar-refractivity contribution in [2.45, 2.75) is 79.1 Å². The summed E-state index contributed by atoms with van der Waals surface area (Å²) in [7, 11) is 0.815. The predicted octanol–water partition coefficient (Wildman–Crippen LogP) is 8.85. The van der Waals surface area contributed by atoms with Crippen LogP contribution in [0.25, 0.3) is 0 Å². The number of hydrogen-bond donors (Lipinski definition) is 0. The first-order valence-corrected chi connectivity index (χ1v) is 12.7. The fourth-order valence-electron chi connectivity index (χ4n) is 4.39. The van der Waals surface area contributed by atoms with Crippen LogP contribution in [0, 0.1) is 0 Å². The summed E-state index contributed by atoms with van der Waals surface area (Å²) >= 11 is 0. The third-order valence-corrected chi connectivity index (χ3v) is 7.75. The molecule has 0 aliphatic carbocycles. The van der Waals surface area contributed by atoms with E-state index in [1.165, 1.54) is 33.6 Å². The number of rotatable bonds is 7. The molecule has 0 bridgehead atoms. The molecule has 3 nitrogen and oxygen atoms in total. The molecule has 1 aliphatic heterocycles. The van der Waals surface area contributed by atoms with Gasteiger partial charge in [-0.25, -0.2) is 0 Å². The molecular formula is C27H39N2OP. The van der Waals surface area contributed by atoms with E-state index in [4.69, 9.17) is 4.52 Å². The second-order valence-corrected chi connectivity index (χ2v) is 11.3. The van der Waals surface area contributed by atoms with E-state index in [9.17, 15) is 0 Å². The minimum absolute atomic E-state index is 0.444. The van der Waals surface area contributed by atoms with Crippen LogP contribution in [0.5, 0.6) is 0 Å². The molecule has 0 radical (unpaired) electrons. The van der Waals surface area contributed by atoms with Crippen LogP contribution >= 0.6 is 8.45 Å². The molecule has 0 fully saturated rings. The zero-order valence-corrected chi connectivity index (χ0v) is 21.6. The molecule has 0 amide bonds. The zero-order valence-electron chi connectivity index (χ0n) is 20.7. The number of nitrogens with zero attached hydrogens (tertiary/aromatic N) is 2. The molecule has 31 heavy (non-hydrogen) atoms. The van der Waals surface area contributed by atoms with Gasteiger partial charge in [-0.05, 0) is 45.9 Å². The van der Waals surface area contributed by atoms with Crippen LogP contribution < -0.4 is 9.34 Å². The molecule has 0 N–H and O–H groups in total. The second-order valence-electron chi connectivity index (χ2n) is 9.61. The Bertz CT molecular complexity index is 807. The Labute approximate surface area is 191 Å². The van der Waals surface area contributed by atoms with Crippen molar-refractivity contribution < 1.29 is 4.52 Å². The maximum absolute atomic E-state index is 6.24. The Hall–Kier alpha value is -1.83.